The highest BCUT2D eigenvalue weighted by Gasteiger charge is 2.11. The van der Waals surface area contributed by atoms with Crippen LogP contribution in [-0.4, -0.2) is 19.7 Å². The van der Waals surface area contributed by atoms with Crippen LogP contribution in [0.2, 0.25) is 0 Å². The van der Waals surface area contributed by atoms with E-state index in [-0.39, 0.29) is 6.61 Å². The molecule has 0 amide bonds. The van der Waals surface area contributed by atoms with Crippen molar-refractivity contribution in [1.82, 2.24) is 0 Å². The molecule has 0 fully saturated rings. The van der Waals surface area contributed by atoms with Crippen LogP contribution in [0.4, 0.5) is 0 Å². The van der Waals surface area contributed by atoms with Crippen molar-refractivity contribution in [2.24, 2.45) is 0 Å². The number of methoxy groups -OCH3 is 1. The van der Waals surface area contributed by atoms with E-state index >= 15 is 0 Å². The fourth-order valence-electron chi connectivity index (χ4n) is 2.26. The van der Waals surface area contributed by atoms with Crippen LogP contribution >= 0.6 is 15.9 Å². The lowest BCUT2D eigenvalue weighted by Crippen LogP contribution is -2.17. The third kappa shape index (κ3) is 3.68. The lowest BCUT2D eigenvalue weighted by Gasteiger charge is -2.10. The summed E-state index contributed by atoms with van der Waals surface area (Å²) in [6.07, 6.45) is 0. The second kappa shape index (κ2) is 7.36. The standard InChI is InChI=1S/C19H15BrO4/c1-22-14-7-9-15(10-8-14)23-12-18(21)24-17-11-6-13-4-2-3-5-16(13)19(17)20/h2-11H,12H2,1H3. The van der Waals surface area contributed by atoms with Crippen molar-refractivity contribution in [2.45, 2.75) is 0 Å². The zero-order valence-corrected chi connectivity index (χ0v) is 14.6. The minimum atomic E-state index is -0.471. The van der Waals surface area contributed by atoms with Gasteiger partial charge in [0.05, 0.1) is 11.6 Å². The first kappa shape index (κ1) is 16.3. The Bertz CT molecular complexity index is 859. The smallest absolute Gasteiger partial charge is 0.349 e. The molecule has 3 aromatic rings. The van der Waals surface area contributed by atoms with Crippen LogP contribution in [-0.2, 0) is 4.79 Å². The molecule has 0 saturated heterocycles. The van der Waals surface area contributed by atoms with Gasteiger partial charge in [-0.15, -0.1) is 0 Å². The Hall–Kier alpha value is -2.53. The summed E-state index contributed by atoms with van der Waals surface area (Å²) in [4.78, 5) is 12.0. The van der Waals surface area contributed by atoms with Crippen LogP contribution < -0.4 is 14.2 Å². The number of fused-ring (bicyclic) bond motifs is 1. The molecule has 0 radical (unpaired) electrons. The molecule has 0 aliphatic carbocycles. The Morgan fingerprint density at radius 3 is 2.42 bits per heavy atom. The predicted molar refractivity (Wildman–Crippen MR) is 95.8 cm³/mol. The molecule has 3 aromatic carbocycles. The van der Waals surface area contributed by atoms with Crippen molar-refractivity contribution in [2.75, 3.05) is 13.7 Å². The first-order valence-electron chi connectivity index (χ1n) is 7.32. The van der Waals surface area contributed by atoms with Gasteiger partial charge in [-0.05, 0) is 57.0 Å². The van der Waals surface area contributed by atoms with E-state index in [9.17, 15) is 4.79 Å². The summed E-state index contributed by atoms with van der Waals surface area (Å²) in [6, 6.07) is 18.5. The highest BCUT2D eigenvalue weighted by molar-refractivity contribution is 9.10. The molecule has 4 nitrogen and oxygen atoms in total. The van der Waals surface area contributed by atoms with Crippen LogP contribution in [0.1, 0.15) is 0 Å². The van der Waals surface area contributed by atoms with Crippen molar-refractivity contribution in [3.05, 3.63) is 65.1 Å². The number of halogens is 1. The summed E-state index contributed by atoms with van der Waals surface area (Å²) < 4.78 is 16.6. The Morgan fingerprint density at radius 1 is 0.958 bits per heavy atom. The first-order chi connectivity index (χ1) is 11.7. The molecule has 3 rings (SSSR count). The van der Waals surface area contributed by atoms with Crippen LogP contribution in [0.15, 0.2) is 65.1 Å². The number of hydrogen-bond donors (Lipinski definition) is 0. The molecule has 0 saturated carbocycles. The topological polar surface area (TPSA) is 44.8 Å². The van der Waals surface area contributed by atoms with Crippen molar-refractivity contribution < 1.29 is 19.0 Å². The monoisotopic (exact) mass is 386 g/mol. The molecule has 24 heavy (non-hydrogen) atoms. The van der Waals surface area contributed by atoms with E-state index < -0.39 is 5.97 Å². The van der Waals surface area contributed by atoms with E-state index in [0.717, 1.165) is 21.0 Å². The van der Waals surface area contributed by atoms with Gasteiger partial charge >= 0.3 is 5.97 Å². The fourth-order valence-corrected chi connectivity index (χ4v) is 2.83. The van der Waals surface area contributed by atoms with Gasteiger partial charge in [-0.3, -0.25) is 0 Å². The summed E-state index contributed by atoms with van der Waals surface area (Å²) in [7, 11) is 1.59. The number of benzene rings is 3. The molecule has 0 spiro atoms. The molecule has 0 unspecified atom stereocenters. The molecule has 0 bridgehead atoms. The molecule has 122 valence electrons. The number of rotatable bonds is 5. The quantitative estimate of drug-likeness (QED) is 0.474. The van der Waals surface area contributed by atoms with E-state index in [0.29, 0.717) is 11.5 Å². The maximum Gasteiger partial charge on any atom is 0.349 e. The largest absolute Gasteiger partial charge is 0.497 e. The van der Waals surface area contributed by atoms with Crippen molar-refractivity contribution in [3.8, 4) is 17.2 Å². The molecule has 0 heterocycles. The zero-order chi connectivity index (χ0) is 16.9. The van der Waals surface area contributed by atoms with Gasteiger partial charge < -0.3 is 14.2 Å². The molecule has 0 aliphatic rings. The minimum Gasteiger partial charge on any atom is -0.497 e. The Labute approximate surface area is 148 Å². The van der Waals surface area contributed by atoms with Crippen molar-refractivity contribution >= 4 is 32.7 Å². The van der Waals surface area contributed by atoms with E-state index in [1.165, 1.54) is 0 Å². The summed E-state index contributed by atoms with van der Waals surface area (Å²) in [5, 5.41) is 2.05. The molecular formula is C19H15BrO4. The maximum absolute atomic E-state index is 12.0. The van der Waals surface area contributed by atoms with Crippen LogP contribution in [0.5, 0.6) is 17.2 Å². The average Bonchev–Trinajstić information content (AvgIpc) is 2.63. The lowest BCUT2D eigenvalue weighted by molar-refractivity contribution is -0.136. The molecular weight excluding hydrogens is 372 g/mol. The normalized spacial score (nSPS) is 10.4. The van der Waals surface area contributed by atoms with Crippen LogP contribution in [0.25, 0.3) is 10.8 Å². The zero-order valence-electron chi connectivity index (χ0n) is 13.0. The summed E-state index contributed by atoms with van der Waals surface area (Å²) in [5.74, 6) is 1.30. The number of hydrogen-bond acceptors (Lipinski definition) is 4. The Balaban J connectivity index is 1.65. The molecule has 5 heteroatoms. The minimum absolute atomic E-state index is 0.175. The van der Waals surface area contributed by atoms with Gasteiger partial charge in [0, 0.05) is 0 Å². The lowest BCUT2D eigenvalue weighted by atomic mass is 10.1. The fraction of sp³-hybridized carbons (Fsp3) is 0.105. The van der Waals surface area contributed by atoms with Crippen molar-refractivity contribution in [3.63, 3.8) is 0 Å². The van der Waals surface area contributed by atoms with Gasteiger partial charge in [0.2, 0.25) is 0 Å². The Morgan fingerprint density at radius 2 is 1.67 bits per heavy atom. The molecule has 0 atom stereocenters. The van der Waals surface area contributed by atoms with Crippen LogP contribution in [0.3, 0.4) is 0 Å². The summed E-state index contributed by atoms with van der Waals surface area (Å²) >= 11 is 3.49. The number of ether oxygens (including phenoxy) is 3. The van der Waals surface area contributed by atoms with E-state index in [1.807, 2.05) is 30.3 Å². The SMILES string of the molecule is COc1ccc(OCC(=O)Oc2ccc3ccccc3c2Br)cc1. The van der Waals surface area contributed by atoms with E-state index in [2.05, 4.69) is 15.9 Å². The average molecular weight is 387 g/mol. The third-order valence-corrected chi connectivity index (χ3v) is 4.29. The second-order valence-electron chi connectivity index (χ2n) is 5.04. The second-order valence-corrected chi connectivity index (χ2v) is 5.83. The van der Waals surface area contributed by atoms with Gasteiger partial charge in [-0.25, -0.2) is 4.79 Å². The third-order valence-electron chi connectivity index (χ3n) is 3.47. The van der Waals surface area contributed by atoms with Gasteiger partial charge in [-0.2, -0.15) is 0 Å². The van der Waals surface area contributed by atoms with Crippen molar-refractivity contribution in [1.29, 1.82) is 0 Å². The first-order valence-corrected chi connectivity index (χ1v) is 8.11. The van der Waals surface area contributed by atoms with Gasteiger partial charge in [0.25, 0.3) is 0 Å². The highest BCUT2D eigenvalue weighted by atomic mass is 79.9. The van der Waals surface area contributed by atoms with E-state index in [1.54, 1.807) is 37.4 Å². The molecule has 0 N–H and O–H groups in total. The maximum atomic E-state index is 12.0. The number of esters is 1. The van der Waals surface area contributed by atoms with Gasteiger partial charge in [0.1, 0.15) is 17.2 Å². The summed E-state index contributed by atoms with van der Waals surface area (Å²) in [5.41, 5.74) is 0. The molecule has 0 aromatic heterocycles. The summed E-state index contributed by atoms with van der Waals surface area (Å²) in [6.45, 7) is -0.175. The molecule has 0 aliphatic heterocycles. The van der Waals surface area contributed by atoms with Gasteiger partial charge in [0.15, 0.2) is 6.61 Å². The van der Waals surface area contributed by atoms with Gasteiger partial charge in [-0.1, -0.05) is 30.3 Å². The Kier molecular flexibility index (Phi) is 5.01. The highest BCUT2D eigenvalue weighted by Crippen LogP contribution is 2.33. The van der Waals surface area contributed by atoms with Crippen LogP contribution in [0, 0.1) is 0 Å². The number of carbonyl (C=O) groups is 1. The predicted octanol–water partition coefficient (Wildman–Crippen LogP) is 4.60. The number of carbonyl (C=O) groups excluding carboxylic acids is 1. The van der Waals surface area contributed by atoms with E-state index in [4.69, 9.17) is 14.2 Å².